The molecule has 15 heavy (non-hydrogen) atoms. The molecule has 0 unspecified atom stereocenters. The molecule has 0 aliphatic carbocycles. The second-order valence-electron chi connectivity index (χ2n) is 2.77. The summed E-state index contributed by atoms with van der Waals surface area (Å²) in [5.41, 5.74) is 0. The van der Waals surface area contributed by atoms with E-state index in [0.717, 1.165) is 12.3 Å². The lowest BCUT2D eigenvalue weighted by molar-refractivity contribution is -0.693. The predicted octanol–water partition coefficient (Wildman–Crippen LogP) is 0.164. The van der Waals surface area contributed by atoms with Crippen molar-refractivity contribution in [3.8, 4) is 5.75 Å². The fourth-order valence-electron chi connectivity index (χ4n) is 0.791. The van der Waals surface area contributed by atoms with Gasteiger partial charge in [-0.3, -0.25) is 0 Å². The molecule has 0 saturated heterocycles. The van der Waals surface area contributed by atoms with E-state index >= 15 is 0 Å². The Hall–Kier alpha value is -1.14. The molecule has 0 saturated carbocycles. The quantitative estimate of drug-likeness (QED) is 0.539. The maximum absolute atomic E-state index is 9.08. The van der Waals surface area contributed by atoms with Crippen LogP contribution >= 0.6 is 0 Å². The van der Waals surface area contributed by atoms with Crippen LogP contribution in [0.4, 0.5) is 0 Å². The van der Waals surface area contributed by atoms with Crippen LogP contribution in [-0.4, -0.2) is 26.3 Å². The Morgan fingerprint density at radius 2 is 1.80 bits per heavy atom. The maximum atomic E-state index is 9.08. The number of nitrogens with zero attached hydrogens (tertiary/aromatic N) is 1. The summed E-state index contributed by atoms with van der Waals surface area (Å²) in [6, 6.07) is 3.90. The molecular weight excluding hydrogens is 218 g/mol. The monoisotopic (exact) mass is 233 g/mol. The molecule has 1 aromatic rings. The molecular formula is C9H15NO4S. The Balaban J connectivity index is 0.000000336. The summed E-state index contributed by atoms with van der Waals surface area (Å²) in [6.07, 6.45) is 4.60. The van der Waals surface area contributed by atoms with Gasteiger partial charge in [0.1, 0.15) is 12.3 Å². The van der Waals surface area contributed by atoms with Gasteiger partial charge in [-0.25, -0.2) is 13.0 Å². The predicted molar refractivity (Wildman–Crippen MR) is 54.5 cm³/mol. The van der Waals surface area contributed by atoms with Crippen LogP contribution < -0.4 is 9.30 Å². The molecule has 5 nitrogen and oxygen atoms in total. The Labute approximate surface area is 90.1 Å². The van der Waals surface area contributed by atoms with Crippen LogP contribution in [0.15, 0.2) is 24.5 Å². The van der Waals surface area contributed by atoms with E-state index in [-0.39, 0.29) is 0 Å². The smallest absolute Gasteiger partial charge is 0.172 e. The van der Waals surface area contributed by atoms with Gasteiger partial charge in [-0.1, -0.05) is 0 Å². The third-order valence-electron chi connectivity index (χ3n) is 1.46. The van der Waals surface area contributed by atoms with E-state index in [1.807, 2.05) is 24.5 Å². The van der Waals surface area contributed by atoms with Crippen LogP contribution in [0.3, 0.4) is 0 Å². The van der Waals surface area contributed by atoms with Gasteiger partial charge >= 0.3 is 0 Å². The van der Waals surface area contributed by atoms with Crippen molar-refractivity contribution in [2.24, 2.45) is 0 Å². The summed E-state index contributed by atoms with van der Waals surface area (Å²) in [5, 5.41) is 0. The summed E-state index contributed by atoms with van der Waals surface area (Å²) < 4.78 is 34.3. The van der Waals surface area contributed by atoms with Crippen LogP contribution in [0.2, 0.25) is 0 Å². The van der Waals surface area contributed by atoms with Gasteiger partial charge in [0, 0.05) is 18.4 Å². The minimum absolute atomic E-state index is 0.604. The van der Waals surface area contributed by atoms with Gasteiger partial charge in [0.05, 0.1) is 17.2 Å². The molecule has 1 aromatic heterocycles. The normalized spacial score (nSPS) is 10.1. The molecule has 0 aliphatic heterocycles. The number of hydrogen-bond donors (Lipinski definition) is 0. The van der Waals surface area contributed by atoms with E-state index in [0.29, 0.717) is 6.26 Å². The van der Waals surface area contributed by atoms with E-state index in [9.17, 15) is 0 Å². The minimum Gasteiger partial charge on any atom is -0.748 e. The van der Waals surface area contributed by atoms with Crippen LogP contribution in [0.1, 0.15) is 6.92 Å². The van der Waals surface area contributed by atoms with Gasteiger partial charge in [-0.05, 0) is 6.92 Å². The Morgan fingerprint density at radius 3 is 2.07 bits per heavy atom. The number of rotatable bonds is 2. The first-order valence-corrected chi connectivity index (χ1v) is 6.12. The molecule has 86 valence electrons. The van der Waals surface area contributed by atoms with E-state index in [1.54, 1.807) is 7.11 Å². The highest BCUT2D eigenvalue weighted by Crippen LogP contribution is 2.03. The Kier molecular flexibility index (Phi) is 5.88. The van der Waals surface area contributed by atoms with E-state index in [4.69, 9.17) is 17.7 Å². The van der Waals surface area contributed by atoms with Gasteiger partial charge in [-0.15, -0.1) is 0 Å². The van der Waals surface area contributed by atoms with Gasteiger partial charge in [0.2, 0.25) is 0 Å². The molecule has 0 aromatic carbocycles. The molecule has 1 rings (SSSR count). The zero-order valence-electron chi connectivity index (χ0n) is 9.00. The topological polar surface area (TPSA) is 70.3 Å². The molecule has 0 aliphatic rings. The van der Waals surface area contributed by atoms with Crippen molar-refractivity contribution in [1.82, 2.24) is 0 Å². The summed E-state index contributed by atoms with van der Waals surface area (Å²) in [4.78, 5) is 0. The number of pyridine rings is 1. The van der Waals surface area contributed by atoms with Crippen molar-refractivity contribution >= 4 is 10.1 Å². The summed E-state index contributed by atoms with van der Waals surface area (Å²) in [6.45, 7) is 3.11. The average molecular weight is 233 g/mol. The minimum atomic E-state index is -3.92. The number of ether oxygens (including phenoxy) is 1. The number of methoxy groups -OCH3 is 1. The molecule has 6 heteroatoms. The molecule has 0 atom stereocenters. The number of hydrogen-bond acceptors (Lipinski definition) is 4. The summed E-state index contributed by atoms with van der Waals surface area (Å²) >= 11 is 0. The summed E-state index contributed by atoms with van der Waals surface area (Å²) in [7, 11) is -2.24. The standard InChI is InChI=1S/C8H12NO.CH4O3S/c1-3-9-6-4-8(10-2)5-7-9;1-5(2,3)4/h4-7H,3H2,1-2H3;1H3,(H,2,3,4)/q+1;/p-1. The van der Waals surface area contributed by atoms with Crippen LogP contribution in [0.25, 0.3) is 0 Å². The van der Waals surface area contributed by atoms with E-state index in [2.05, 4.69) is 11.5 Å². The first-order valence-electron chi connectivity index (χ1n) is 4.30. The van der Waals surface area contributed by atoms with Gasteiger partial charge in [0.15, 0.2) is 12.4 Å². The molecule has 0 amide bonds. The number of aryl methyl sites for hydroxylation is 1. The highest BCUT2D eigenvalue weighted by atomic mass is 32.2. The molecule has 0 bridgehead atoms. The second-order valence-corrected chi connectivity index (χ2v) is 4.18. The van der Waals surface area contributed by atoms with Crippen molar-refractivity contribution in [2.75, 3.05) is 13.4 Å². The molecule has 0 N–H and O–H groups in total. The lowest BCUT2D eigenvalue weighted by Crippen LogP contribution is -2.30. The van der Waals surface area contributed by atoms with Gasteiger partial charge < -0.3 is 9.29 Å². The van der Waals surface area contributed by atoms with Gasteiger partial charge in [-0.2, -0.15) is 0 Å². The molecule has 0 radical (unpaired) electrons. The SMILES string of the molecule is CC[n+]1ccc(OC)cc1.CS(=O)(=O)[O-]. The fraction of sp³-hybridized carbons (Fsp3) is 0.444. The van der Waals surface area contributed by atoms with Crippen LogP contribution in [0, 0.1) is 0 Å². The van der Waals surface area contributed by atoms with Crippen molar-refractivity contribution in [2.45, 2.75) is 13.5 Å². The first kappa shape index (κ1) is 13.9. The van der Waals surface area contributed by atoms with Crippen molar-refractivity contribution < 1.29 is 22.3 Å². The highest BCUT2D eigenvalue weighted by molar-refractivity contribution is 7.84. The Bertz CT molecular complexity index is 341. The Morgan fingerprint density at radius 1 is 1.40 bits per heavy atom. The zero-order valence-corrected chi connectivity index (χ0v) is 9.82. The van der Waals surface area contributed by atoms with Crippen LogP contribution in [-0.2, 0) is 16.7 Å². The lowest BCUT2D eigenvalue weighted by Gasteiger charge is -1.95. The molecule has 1 heterocycles. The van der Waals surface area contributed by atoms with Crippen molar-refractivity contribution in [1.29, 1.82) is 0 Å². The third kappa shape index (κ3) is 9.17. The third-order valence-corrected chi connectivity index (χ3v) is 1.46. The maximum Gasteiger partial charge on any atom is 0.172 e. The lowest BCUT2D eigenvalue weighted by atomic mass is 10.4. The average Bonchev–Trinajstić information content (AvgIpc) is 2.15. The molecule has 0 spiro atoms. The van der Waals surface area contributed by atoms with Gasteiger partial charge in [0.25, 0.3) is 0 Å². The van der Waals surface area contributed by atoms with E-state index in [1.165, 1.54) is 0 Å². The second kappa shape index (κ2) is 6.36. The van der Waals surface area contributed by atoms with Crippen molar-refractivity contribution in [3.63, 3.8) is 0 Å². The van der Waals surface area contributed by atoms with Crippen molar-refractivity contribution in [3.05, 3.63) is 24.5 Å². The highest BCUT2D eigenvalue weighted by Gasteiger charge is 1.94. The summed E-state index contributed by atoms with van der Waals surface area (Å²) in [5.74, 6) is 0.907. The number of aromatic nitrogens is 1. The first-order chi connectivity index (χ1) is 6.86. The van der Waals surface area contributed by atoms with E-state index < -0.39 is 10.1 Å². The fourth-order valence-corrected chi connectivity index (χ4v) is 0.791. The van der Waals surface area contributed by atoms with Crippen LogP contribution in [0.5, 0.6) is 5.75 Å². The zero-order chi connectivity index (χ0) is 11.9. The largest absolute Gasteiger partial charge is 0.748 e. The molecule has 0 fully saturated rings.